The molecule has 2 atom stereocenters. The van der Waals surface area contributed by atoms with Crippen LogP contribution in [0.3, 0.4) is 0 Å². The lowest BCUT2D eigenvalue weighted by atomic mass is 9.87. The number of esters is 2. The highest BCUT2D eigenvalue weighted by molar-refractivity contribution is 5.99. The Hall–Kier alpha value is -3.49. The third-order valence-corrected chi connectivity index (χ3v) is 4.35. The van der Waals surface area contributed by atoms with Gasteiger partial charge in [0.25, 0.3) is 5.91 Å². The Labute approximate surface area is 160 Å². The summed E-state index contributed by atoms with van der Waals surface area (Å²) in [6.07, 6.45) is 0. The zero-order valence-electron chi connectivity index (χ0n) is 15.5. The van der Waals surface area contributed by atoms with Crippen LogP contribution in [-0.2, 0) is 23.9 Å². The number of aliphatic carboxylic acids is 1. The zero-order valence-corrected chi connectivity index (χ0v) is 15.5. The molecule has 0 aliphatic carbocycles. The van der Waals surface area contributed by atoms with Gasteiger partial charge in [-0.3, -0.25) is 14.4 Å². The fourth-order valence-electron chi connectivity index (χ4n) is 2.80. The van der Waals surface area contributed by atoms with Crippen molar-refractivity contribution in [2.75, 3.05) is 14.2 Å². The number of carboxylic acid groups (broad SMARTS) is 1. The van der Waals surface area contributed by atoms with Gasteiger partial charge in [0.15, 0.2) is 5.92 Å². The fraction of sp³-hybridized carbons (Fsp3) is 0.316. The van der Waals surface area contributed by atoms with Gasteiger partial charge in [0.1, 0.15) is 11.7 Å². The first-order chi connectivity index (χ1) is 13.3. The normalized spacial score (nSPS) is 12.9. The van der Waals surface area contributed by atoms with Crippen LogP contribution in [0.15, 0.2) is 36.4 Å². The maximum absolute atomic E-state index is 12.5. The number of para-hydroxylation sites is 1. The van der Waals surface area contributed by atoms with Crippen LogP contribution in [0, 0.1) is 11.8 Å². The van der Waals surface area contributed by atoms with E-state index in [9.17, 15) is 24.3 Å². The molecule has 0 radical (unpaired) electrons. The topological polar surface area (TPSA) is 132 Å². The molecule has 0 aliphatic heterocycles. The number of carboxylic acids is 1. The molecule has 1 heterocycles. The predicted molar refractivity (Wildman–Crippen MR) is 97.3 cm³/mol. The number of benzene rings is 1. The van der Waals surface area contributed by atoms with E-state index in [1.807, 2.05) is 12.1 Å². The second kappa shape index (κ2) is 8.94. The lowest BCUT2D eigenvalue weighted by Gasteiger charge is -2.25. The summed E-state index contributed by atoms with van der Waals surface area (Å²) >= 11 is 0. The number of ether oxygens (including phenoxy) is 2. The van der Waals surface area contributed by atoms with Gasteiger partial charge in [-0.15, -0.1) is 0 Å². The molecular weight excluding hydrogens is 368 g/mol. The molecule has 1 aromatic carbocycles. The summed E-state index contributed by atoms with van der Waals surface area (Å²) in [4.78, 5) is 52.3. The lowest BCUT2D eigenvalue weighted by Crippen LogP contribution is -2.50. The molecule has 1 amide bonds. The van der Waals surface area contributed by atoms with E-state index in [-0.39, 0.29) is 5.69 Å². The second-order valence-electron chi connectivity index (χ2n) is 6.06. The largest absolute Gasteiger partial charge is 0.480 e. The molecule has 0 aliphatic rings. The minimum atomic E-state index is -1.55. The zero-order chi connectivity index (χ0) is 20.8. The molecule has 28 heavy (non-hydrogen) atoms. The monoisotopic (exact) mass is 388 g/mol. The Bertz CT molecular complexity index is 896. The van der Waals surface area contributed by atoms with Gasteiger partial charge >= 0.3 is 17.9 Å². The van der Waals surface area contributed by atoms with Crippen molar-refractivity contribution in [3.8, 4) is 0 Å². The molecule has 9 heteroatoms. The number of nitrogens with zero attached hydrogens (tertiary/aromatic N) is 1. The number of hydrogen-bond donors (Lipinski definition) is 2. The summed E-state index contributed by atoms with van der Waals surface area (Å²) < 4.78 is 9.13. The van der Waals surface area contributed by atoms with Gasteiger partial charge in [-0.05, 0) is 12.1 Å². The van der Waals surface area contributed by atoms with Gasteiger partial charge in [-0.25, -0.2) is 9.78 Å². The van der Waals surface area contributed by atoms with Crippen LogP contribution in [-0.4, -0.2) is 54.2 Å². The molecule has 0 bridgehead atoms. The van der Waals surface area contributed by atoms with Crippen molar-refractivity contribution in [3.63, 3.8) is 0 Å². The Balaban J connectivity index is 2.29. The van der Waals surface area contributed by atoms with Crippen molar-refractivity contribution < 1.29 is 33.8 Å². The van der Waals surface area contributed by atoms with Crippen LogP contribution in [0.5, 0.6) is 0 Å². The van der Waals surface area contributed by atoms with Gasteiger partial charge in [-0.2, -0.15) is 0 Å². The molecule has 2 aromatic rings. The van der Waals surface area contributed by atoms with Crippen LogP contribution in [0.4, 0.5) is 0 Å². The molecule has 2 N–H and O–H groups in total. The average molecular weight is 388 g/mol. The van der Waals surface area contributed by atoms with E-state index in [1.165, 1.54) is 13.0 Å². The van der Waals surface area contributed by atoms with Crippen LogP contribution in [0.25, 0.3) is 10.9 Å². The minimum Gasteiger partial charge on any atom is -0.480 e. The summed E-state index contributed by atoms with van der Waals surface area (Å²) in [5.74, 6) is -6.73. The highest BCUT2D eigenvalue weighted by atomic mass is 16.5. The number of methoxy groups -OCH3 is 2. The van der Waals surface area contributed by atoms with E-state index < -0.39 is 41.7 Å². The maximum atomic E-state index is 12.5. The van der Waals surface area contributed by atoms with Crippen molar-refractivity contribution in [3.05, 3.63) is 42.1 Å². The van der Waals surface area contributed by atoms with E-state index in [1.54, 1.807) is 18.2 Å². The van der Waals surface area contributed by atoms with Crippen molar-refractivity contribution in [1.29, 1.82) is 0 Å². The van der Waals surface area contributed by atoms with Crippen molar-refractivity contribution in [2.45, 2.75) is 13.0 Å². The van der Waals surface area contributed by atoms with Crippen molar-refractivity contribution >= 4 is 34.7 Å². The van der Waals surface area contributed by atoms with E-state index in [2.05, 4.69) is 19.8 Å². The smallest absolute Gasteiger partial charge is 0.326 e. The molecule has 9 nitrogen and oxygen atoms in total. The number of fused-ring (bicyclic) bond motifs is 1. The van der Waals surface area contributed by atoms with Crippen molar-refractivity contribution in [1.82, 2.24) is 10.3 Å². The number of carbonyl (C=O) groups excluding carboxylic acids is 3. The minimum absolute atomic E-state index is 0.00448. The van der Waals surface area contributed by atoms with E-state index in [0.29, 0.717) is 5.52 Å². The number of aromatic nitrogens is 1. The first-order valence-corrected chi connectivity index (χ1v) is 8.35. The SMILES string of the molecule is COC(=O)C(C(=O)OC)[C@@H](C)[C@@H](NC(=O)c1ccc2ccccc2n1)C(=O)O. The van der Waals surface area contributed by atoms with Gasteiger partial charge < -0.3 is 19.9 Å². The summed E-state index contributed by atoms with van der Waals surface area (Å²) in [7, 11) is 2.14. The van der Waals surface area contributed by atoms with Crippen LogP contribution in [0.1, 0.15) is 17.4 Å². The number of rotatable bonds is 7. The number of nitrogens with one attached hydrogen (secondary N) is 1. The summed E-state index contributed by atoms with van der Waals surface area (Å²) in [6.45, 7) is 1.34. The van der Waals surface area contributed by atoms with E-state index >= 15 is 0 Å². The third kappa shape index (κ3) is 4.43. The summed E-state index contributed by atoms with van der Waals surface area (Å²) in [5.41, 5.74) is 0.571. The molecule has 0 spiro atoms. The van der Waals surface area contributed by atoms with Gasteiger partial charge in [0.2, 0.25) is 0 Å². The lowest BCUT2D eigenvalue weighted by molar-refractivity contribution is -0.162. The average Bonchev–Trinajstić information content (AvgIpc) is 2.70. The molecule has 1 aromatic heterocycles. The Morgan fingerprint density at radius 3 is 2.18 bits per heavy atom. The highest BCUT2D eigenvalue weighted by Gasteiger charge is 2.42. The molecule has 2 rings (SSSR count). The first-order valence-electron chi connectivity index (χ1n) is 8.35. The second-order valence-corrected chi connectivity index (χ2v) is 6.06. The van der Waals surface area contributed by atoms with Crippen LogP contribution >= 0.6 is 0 Å². The van der Waals surface area contributed by atoms with E-state index in [4.69, 9.17) is 0 Å². The maximum Gasteiger partial charge on any atom is 0.326 e. The number of pyridine rings is 1. The van der Waals surface area contributed by atoms with Gasteiger partial charge in [0.05, 0.1) is 19.7 Å². The fourth-order valence-corrected chi connectivity index (χ4v) is 2.80. The van der Waals surface area contributed by atoms with Gasteiger partial charge in [0, 0.05) is 11.3 Å². The number of amides is 1. The summed E-state index contributed by atoms with van der Waals surface area (Å²) in [5, 5.41) is 12.7. The molecule has 148 valence electrons. The van der Waals surface area contributed by atoms with Crippen LogP contribution < -0.4 is 5.32 Å². The van der Waals surface area contributed by atoms with Crippen molar-refractivity contribution in [2.24, 2.45) is 11.8 Å². The number of carbonyl (C=O) groups is 4. The third-order valence-electron chi connectivity index (χ3n) is 4.35. The van der Waals surface area contributed by atoms with E-state index in [0.717, 1.165) is 19.6 Å². The quantitative estimate of drug-likeness (QED) is 0.531. The number of hydrogen-bond acceptors (Lipinski definition) is 7. The van der Waals surface area contributed by atoms with Gasteiger partial charge in [-0.1, -0.05) is 31.2 Å². The molecule has 0 unspecified atom stereocenters. The molecule has 0 fully saturated rings. The Morgan fingerprint density at radius 1 is 1.00 bits per heavy atom. The Morgan fingerprint density at radius 2 is 1.61 bits per heavy atom. The molecule has 0 saturated carbocycles. The predicted octanol–water partition coefficient (Wildman–Crippen LogP) is 1.02. The first kappa shape index (κ1) is 20.8. The standard InChI is InChI=1S/C19H20N2O7/c1-10(14(18(25)27-2)19(26)28-3)15(17(23)24)21-16(22)13-9-8-11-6-4-5-7-12(11)20-13/h4-10,14-15H,1-3H3,(H,21,22)(H,23,24)/t10-,15-/m1/s1. The highest BCUT2D eigenvalue weighted by Crippen LogP contribution is 2.20. The Kier molecular flexibility index (Phi) is 6.64. The molecular formula is C19H20N2O7. The molecule has 0 saturated heterocycles. The van der Waals surface area contributed by atoms with Crippen LogP contribution in [0.2, 0.25) is 0 Å². The summed E-state index contributed by atoms with van der Waals surface area (Å²) in [6, 6.07) is 8.71.